The third-order valence-electron chi connectivity index (χ3n) is 5.68. The Labute approximate surface area is 171 Å². The molecule has 4 heterocycles. The summed E-state index contributed by atoms with van der Waals surface area (Å²) in [6.45, 7) is 8.32. The lowest BCUT2D eigenvalue weighted by atomic mass is 9.95. The maximum Gasteiger partial charge on any atom is 0.227 e. The molecule has 8 heteroatoms. The van der Waals surface area contributed by atoms with Gasteiger partial charge in [0.05, 0.1) is 11.7 Å². The fraction of sp³-hybridized carbons (Fsp3) is 0.524. The Balaban J connectivity index is 1.56. The molecule has 8 nitrogen and oxygen atoms in total. The number of hydrogen-bond acceptors (Lipinski definition) is 7. The molecule has 1 saturated heterocycles. The highest BCUT2D eigenvalue weighted by Gasteiger charge is 2.20. The number of piperidine rings is 1. The van der Waals surface area contributed by atoms with Crippen LogP contribution in [0.15, 0.2) is 24.5 Å². The van der Waals surface area contributed by atoms with Crippen LogP contribution in [0.2, 0.25) is 0 Å². The van der Waals surface area contributed by atoms with Crippen molar-refractivity contribution in [1.82, 2.24) is 24.5 Å². The molecule has 0 saturated carbocycles. The smallest absolute Gasteiger partial charge is 0.227 e. The zero-order chi connectivity index (χ0) is 20.4. The largest absolute Gasteiger partial charge is 0.388 e. The molecule has 0 aromatic carbocycles. The maximum atomic E-state index is 9.62. The van der Waals surface area contributed by atoms with Crippen LogP contribution in [0, 0.1) is 5.92 Å². The first-order valence-corrected chi connectivity index (χ1v) is 10.4. The van der Waals surface area contributed by atoms with Crippen molar-refractivity contribution in [1.29, 1.82) is 0 Å². The van der Waals surface area contributed by atoms with Crippen molar-refractivity contribution in [3.63, 3.8) is 0 Å². The summed E-state index contributed by atoms with van der Waals surface area (Å²) in [4.78, 5) is 20.4. The highest BCUT2D eigenvalue weighted by molar-refractivity contribution is 5.79. The van der Waals surface area contributed by atoms with Crippen molar-refractivity contribution in [3.05, 3.63) is 30.4 Å². The summed E-state index contributed by atoms with van der Waals surface area (Å²) in [6.07, 6.45) is 7.16. The lowest BCUT2D eigenvalue weighted by Crippen LogP contribution is -2.34. The Morgan fingerprint density at radius 3 is 2.66 bits per heavy atom. The van der Waals surface area contributed by atoms with Crippen molar-refractivity contribution in [3.8, 4) is 0 Å². The van der Waals surface area contributed by atoms with E-state index in [0.717, 1.165) is 41.8 Å². The first-order valence-electron chi connectivity index (χ1n) is 10.4. The third kappa shape index (κ3) is 4.03. The molecule has 3 aromatic rings. The zero-order valence-electron chi connectivity index (χ0n) is 17.3. The number of nitrogens with one attached hydrogen (secondary N) is 1. The van der Waals surface area contributed by atoms with Crippen LogP contribution < -0.4 is 10.2 Å². The average Bonchev–Trinajstić information content (AvgIpc) is 3.12. The van der Waals surface area contributed by atoms with Gasteiger partial charge < -0.3 is 19.9 Å². The summed E-state index contributed by atoms with van der Waals surface area (Å²) in [5, 5.41) is 12.9. The summed E-state index contributed by atoms with van der Waals surface area (Å²) < 4.78 is 2.03. The van der Waals surface area contributed by atoms with Crippen LogP contribution in [-0.2, 0) is 6.61 Å². The van der Waals surface area contributed by atoms with Crippen molar-refractivity contribution < 1.29 is 5.11 Å². The molecule has 0 radical (unpaired) electrons. The molecule has 1 fully saturated rings. The van der Waals surface area contributed by atoms with E-state index in [4.69, 9.17) is 4.98 Å². The monoisotopic (exact) mass is 395 g/mol. The van der Waals surface area contributed by atoms with E-state index in [1.165, 1.54) is 19.3 Å². The number of fused-ring (bicyclic) bond motifs is 1. The summed E-state index contributed by atoms with van der Waals surface area (Å²) in [5.41, 5.74) is 1.72. The van der Waals surface area contributed by atoms with Gasteiger partial charge in [-0.3, -0.25) is 0 Å². The van der Waals surface area contributed by atoms with Gasteiger partial charge in [0.2, 0.25) is 5.95 Å². The second kappa shape index (κ2) is 8.32. The molecule has 154 valence electrons. The Morgan fingerprint density at radius 2 is 1.97 bits per heavy atom. The Bertz CT molecular complexity index is 976. The SMILES string of the molecule is CCC1CCN(c2nccc(Nc3cc4c(cn3)nc(CO)n4C(C)C)n2)CC1. The predicted octanol–water partition coefficient (Wildman–Crippen LogP) is 3.66. The van der Waals surface area contributed by atoms with E-state index in [-0.39, 0.29) is 12.6 Å². The number of rotatable bonds is 6. The molecule has 4 rings (SSSR count). The van der Waals surface area contributed by atoms with E-state index >= 15 is 0 Å². The number of pyridine rings is 1. The van der Waals surface area contributed by atoms with Crippen LogP contribution in [0.3, 0.4) is 0 Å². The molecular formula is C21H29N7O. The van der Waals surface area contributed by atoms with Gasteiger partial charge in [0, 0.05) is 31.4 Å². The fourth-order valence-corrected chi connectivity index (χ4v) is 4.05. The fourth-order valence-electron chi connectivity index (χ4n) is 4.05. The molecular weight excluding hydrogens is 366 g/mol. The summed E-state index contributed by atoms with van der Waals surface area (Å²) >= 11 is 0. The number of hydrogen-bond donors (Lipinski definition) is 2. The maximum absolute atomic E-state index is 9.62. The molecule has 29 heavy (non-hydrogen) atoms. The van der Waals surface area contributed by atoms with Crippen molar-refractivity contribution >= 4 is 28.6 Å². The van der Waals surface area contributed by atoms with Crippen LogP contribution >= 0.6 is 0 Å². The van der Waals surface area contributed by atoms with E-state index in [1.807, 2.05) is 16.7 Å². The second-order valence-electron chi connectivity index (χ2n) is 7.91. The van der Waals surface area contributed by atoms with Gasteiger partial charge in [-0.1, -0.05) is 13.3 Å². The van der Waals surface area contributed by atoms with Gasteiger partial charge in [-0.05, 0) is 38.7 Å². The standard InChI is InChI=1S/C21H29N7O/c1-4-15-6-9-27(10-7-15)21-22-8-5-18(26-21)25-19-11-17-16(12-23-19)24-20(13-29)28(17)14(2)3/h5,8,11-12,14-15,29H,4,6-7,9-10,13H2,1-3H3,(H,22,23,25,26). The van der Waals surface area contributed by atoms with Crippen LogP contribution in [0.4, 0.5) is 17.6 Å². The Kier molecular flexibility index (Phi) is 5.62. The van der Waals surface area contributed by atoms with Gasteiger partial charge in [0.1, 0.15) is 29.6 Å². The van der Waals surface area contributed by atoms with Crippen LogP contribution in [0.5, 0.6) is 0 Å². The van der Waals surface area contributed by atoms with Gasteiger partial charge in [-0.15, -0.1) is 0 Å². The number of aliphatic hydroxyl groups is 1. The third-order valence-corrected chi connectivity index (χ3v) is 5.68. The number of aliphatic hydroxyl groups excluding tert-OH is 1. The first kappa shape index (κ1) is 19.6. The van der Waals surface area contributed by atoms with E-state index in [9.17, 15) is 5.11 Å². The second-order valence-corrected chi connectivity index (χ2v) is 7.91. The molecule has 1 aliphatic rings. The highest BCUT2D eigenvalue weighted by atomic mass is 16.3. The zero-order valence-corrected chi connectivity index (χ0v) is 17.3. The summed E-state index contributed by atoms with van der Waals surface area (Å²) in [6, 6.07) is 4.00. The van der Waals surface area contributed by atoms with Crippen molar-refractivity contribution in [2.75, 3.05) is 23.3 Å². The Morgan fingerprint density at radius 1 is 1.17 bits per heavy atom. The molecule has 0 aliphatic carbocycles. The molecule has 0 amide bonds. The number of nitrogens with zero attached hydrogens (tertiary/aromatic N) is 6. The highest BCUT2D eigenvalue weighted by Crippen LogP contribution is 2.26. The van der Waals surface area contributed by atoms with Gasteiger partial charge >= 0.3 is 0 Å². The van der Waals surface area contributed by atoms with Gasteiger partial charge in [0.15, 0.2) is 0 Å². The molecule has 0 unspecified atom stereocenters. The van der Waals surface area contributed by atoms with E-state index in [0.29, 0.717) is 11.6 Å². The minimum absolute atomic E-state index is 0.0976. The lowest BCUT2D eigenvalue weighted by Gasteiger charge is -2.31. The molecule has 1 aliphatic heterocycles. The lowest BCUT2D eigenvalue weighted by molar-refractivity contribution is 0.263. The number of anilines is 3. The molecule has 2 N–H and O–H groups in total. The van der Waals surface area contributed by atoms with Crippen molar-refractivity contribution in [2.45, 2.75) is 52.7 Å². The first-order chi connectivity index (χ1) is 14.1. The normalized spacial score (nSPS) is 15.4. The predicted molar refractivity (Wildman–Crippen MR) is 114 cm³/mol. The summed E-state index contributed by atoms with van der Waals surface area (Å²) in [7, 11) is 0. The molecule has 0 bridgehead atoms. The topological polar surface area (TPSA) is 92.0 Å². The van der Waals surface area contributed by atoms with Gasteiger partial charge in [-0.2, -0.15) is 4.98 Å². The van der Waals surface area contributed by atoms with Gasteiger partial charge in [-0.25, -0.2) is 15.0 Å². The van der Waals surface area contributed by atoms with E-state index in [2.05, 4.69) is 45.9 Å². The minimum Gasteiger partial charge on any atom is -0.388 e. The van der Waals surface area contributed by atoms with Crippen molar-refractivity contribution in [2.24, 2.45) is 5.92 Å². The van der Waals surface area contributed by atoms with Crippen LogP contribution in [0.1, 0.15) is 51.9 Å². The minimum atomic E-state index is -0.0976. The number of imidazole rings is 1. The van der Waals surface area contributed by atoms with Crippen LogP contribution in [0.25, 0.3) is 11.0 Å². The summed E-state index contributed by atoms with van der Waals surface area (Å²) in [5.74, 6) is 3.64. The van der Waals surface area contributed by atoms with E-state index < -0.39 is 0 Å². The quantitative estimate of drug-likeness (QED) is 0.658. The number of aromatic nitrogens is 5. The molecule has 0 atom stereocenters. The Hall–Kier alpha value is -2.74. The van der Waals surface area contributed by atoms with Crippen LogP contribution in [-0.4, -0.2) is 42.7 Å². The van der Waals surface area contributed by atoms with Gasteiger partial charge in [0.25, 0.3) is 0 Å². The van der Waals surface area contributed by atoms with E-state index in [1.54, 1.807) is 12.4 Å². The molecule has 0 spiro atoms. The molecule has 3 aromatic heterocycles. The average molecular weight is 396 g/mol.